The summed E-state index contributed by atoms with van der Waals surface area (Å²) in [4.78, 5) is 13.1. The molecule has 0 atom stereocenters. The minimum atomic E-state index is -3.91. The number of methoxy groups -OCH3 is 1. The van der Waals surface area contributed by atoms with Gasteiger partial charge in [0, 0.05) is 23.3 Å². The third-order valence-corrected chi connectivity index (χ3v) is 7.38. The molecule has 0 aliphatic carbocycles. The smallest absolute Gasteiger partial charge is 0.342 e. The van der Waals surface area contributed by atoms with Crippen molar-refractivity contribution in [2.75, 3.05) is 25.0 Å². The number of sulfonamides is 1. The Morgan fingerprint density at radius 3 is 2.24 bits per heavy atom. The Morgan fingerprint density at radius 1 is 0.941 bits per heavy atom. The Labute approximate surface area is 198 Å². The maximum Gasteiger partial charge on any atom is 0.342 e. The molecule has 0 aliphatic heterocycles. The number of anilines is 1. The zero-order valence-corrected chi connectivity index (χ0v) is 20.6. The van der Waals surface area contributed by atoms with E-state index in [4.69, 9.17) is 13.9 Å². The zero-order valence-electron chi connectivity index (χ0n) is 19.8. The molecular weight excluding hydrogens is 454 g/mol. The summed E-state index contributed by atoms with van der Waals surface area (Å²) in [5.74, 6) is -0.157. The topological polar surface area (TPSA) is 94.8 Å². The van der Waals surface area contributed by atoms with Crippen LogP contribution in [0.4, 0.5) is 5.69 Å². The first-order valence-corrected chi connectivity index (χ1v) is 12.3. The lowest BCUT2D eigenvalue weighted by Crippen LogP contribution is -2.16. The van der Waals surface area contributed by atoms with Gasteiger partial charge in [-0.3, -0.25) is 4.72 Å². The number of hydrogen-bond donors (Lipinski definition) is 1. The fraction of sp³-hybridized carbons (Fsp3) is 0.269. The number of nitrogens with one attached hydrogen (secondary N) is 1. The first-order chi connectivity index (χ1) is 16.1. The fourth-order valence-electron chi connectivity index (χ4n) is 4.45. The summed E-state index contributed by atoms with van der Waals surface area (Å²) in [6.45, 7) is 7.54. The average Bonchev–Trinajstić information content (AvgIpc) is 3.08. The van der Waals surface area contributed by atoms with Crippen LogP contribution in [0, 0.1) is 27.7 Å². The molecule has 7 nitrogen and oxygen atoms in total. The number of fused-ring (bicyclic) bond motifs is 3. The number of esters is 1. The van der Waals surface area contributed by atoms with E-state index >= 15 is 0 Å². The molecule has 0 saturated heterocycles. The highest BCUT2D eigenvalue weighted by Gasteiger charge is 2.25. The molecule has 1 heterocycles. The van der Waals surface area contributed by atoms with E-state index in [-0.39, 0.29) is 23.7 Å². The second kappa shape index (κ2) is 9.12. The molecule has 1 aromatic heterocycles. The Morgan fingerprint density at radius 2 is 1.59 bits per heavy atom. The molecule has 1 N–H and O–H groups in total. The molecule has 4 rings (SSSR count). The van der Waals surface area contributed by atoms with E-state index < -0.39 is 16.0 Å². The van der Waals surface area contributed by atoms with Crippen molar-refractivity contribution in [2.24, 2.45) is 0 Å². The van der Waals surface area contributed by atoms with Gasteiger partial charge >= 0.3 is 5.97 Å². The molecule has 34 heavy (non-hydrogen) atoms. The summed E-state index contributed by atoms with van der Waals surface area (Å²) >= 11 is 0. The molecule has 0 saturated carbocycles. The number of hydrogen-bond acceptors (Lipinski definition) is 6. The molecule has 0 unspecified atom stereocenters. The first kappa shape index (κ1) is 23.8. The van der Waals surface area contributed by atoms with Gasteiger partial charge in [0.05, 0.1) is 17.2 Å². The van der Waals surface area contributed by atoms with Crippen LogP contribution in [0.1, 0.15) is 32.8 Å². The number of furan rings is 1. The lowest BCUT2D eigenvalue weighted by atomic mass is 10.0. The van der Waals surface area contributed by atoms with Crippen LogP contribution in [0.5, 0.6) is 0 Å². The Balaban J connectivity index is 1.89. The van der Waals surface area contributed by atoms with Crippen LogP contribution < -0.4 is 4.72 Å². The maximum atomic E-state index is 13.5. The summed E-state index contributed by atoms with van der Waals surface area (Å²) in [5, 5.41) is 1.83. The van der Waals surface area contributed by atoms with Crippen LogP contribution >= 0.6 is 0 Å². The lowest BCUT2D eigenvalue weighted by Gasteiger charge is -2.15. The van der Waals surface area contributed by atoms with E-state index in [0.717, 1.165) is 5.56 Å². The summed E-state index contributed by atoms with van der Waals surface area (Å²) in [6, 6.07) is 12.6. The maximum absolute atomic E-state index is 13.5. The van der Waals surface area contributed by atoms with Gasteiger partial charge < -0.3 is 13.9 Å². The van der Waals surface area contributed by atoms with E-state index in [1.165, 1.54) is 7.11 Å². The highest BCUT2D eigenvalue weighted by molar-refractivity contribution is 7.92. The van der Waals surface area contributed by atoms with Crippen LogP contribution in [-0.4, -0.2) is 34.7 Å². The zero-order chi connectivity index (χ0) is 24.6. The summed E-state index contributed by atoms with van der Waals surface area (Å²) < 4.78 is 46.0. The average molecular weight is 482 g/mol. The predicted octanol–water partition coefficient (Wildman–Crippen LogP) is 5.42. The van der Waals surface area contributed by atoms with Crippen molar-refractivity contribution < 1.29 is 27.1 Å². The van der Waals surface area contributed by atoms with E-state index in [0.29, 0.717) is 44.3 Å². The van der Waals surface area contributed by atoms with Crippen LogP contribution in [0.2, 0.25) is 0 Å². The SMILES string of the molecule is COCCOC(=O)c1c(C)oc2c1cc(NS(=O)(=O)c1c(C)cc(C)cc1C)c1ccccc12. The number of carbonyl (C=O) groups is 1. The van der Waals surface area contributed by atoms with E-state index in [9.17, 15) is 13.2 Å². The summed E-state index contributed by atoms with van der Waals surface area (Å²) in [6.07, 6.45) is 0. The summed E-state index contributed by atoms with van der Waals surface area (Å²) in [7, 11) is -2.39. The van der Waals surface area contributed by atoms with Gasteiger partial charge in [0.25, 0.3) is 10.0 Å². The standard InChI is InChI=1S/C26H27NO6S/c1-15-12-16(2)25(17(3)13-15)34(29,30)27-22-14-21-23(26(28)32-11-10-31-5)18(4)33-24(21)20-9-7-6-8-19(20)22/h6-9,12-14,27H,10-11H2,1-5H3. The number of carbonyl (C=O) groups excluding carboxylic acids is 1. The first-order valence-electron chi connectivity index (χ1n) is 10.9. The number of rotatable bonds is 7. The Kier molecular flexibility index (Phi) is 6.38. The number of aryl methyl sites for hydroxylation is 4. The third-order valence-electron chi connectivity index (χ3n) is 5.71. The van der Waals surface area contributed by atoms with Crippen molar-refractivity contribution >= 4 is 43.4 Å². The van der Waals surface area contributed by atoms with E-state index in [1.54, 1.807) is 26.8 Å². The van der Waals surface area contributed by atoms with Gasteiger partial charge in [0.1, 0.15) is 23.5 Å². The van der Waals surface area contributed by atoms with Crippen molar-refractivity contribution in [3.63, 3.8) is 0 Å². The molecule has 0 aliphatic rings. The van der Waals surface area contributed by atoms with Crippen molar-refractivity contribution in [3.8, 4) is 0 Å². The van der Waals surface area contributed by atoms with Gasteiger partial charge in [-0.1, -0.05) is 42.0 Å². The fourth-order valence-corrected chi connectivity index (χ4v) is 5.98. The molecule has 0 spiro atoms. The van der Waals surface area contributed by atoms with Crippen LogP contribution in [-0.2, 0) is 19.5 Å². The van der Waals surface area contributed by atoms with Crippen LogP contribution in [0.3, 0.4) is 0 Å². The Bertz CT molecular complexity index is 1490. The molecule has 8 heteroatoms. The highest BCUT2D eigenvalue weighted by Crippen LogP contribution is 2.38. The third kappa shape index (κ3) is 4.26. The van der Waals surface area contributed by atoms with Crippen molar-refractivity contribution in [2.45, 2.75) is 32.6 Å². The van der Waals surface area contributed by atoms with Crippen LogP contribution in [0.15, 0.2) is 51.8 Å². The summed E-state index contributed by atoms with van der Waals surface area (Å²) in [5.41, 5.74) is 3.44. The number of benzene rings is 3. The highest BCUT2D eigenvalue weighted by atomic mass is 32.2. The number of ether oxygens (including phenoxy) is 2. The normalized spacial score (nSPS) is 11.8. The van der Waals surface area contributed by atoms with Gasteiger partial charge in [-0.25, -0.2) is 13.2 Å². The molecular formula is C26H27NO6S. The van der Waals surface area contributed by atoms with E-state index in [2.05, 4.69) is 4.72 Å². The lowest BCUT2D eigenvalue weighted by molar-refractivity contribution is 0.0388. The molecule has 0 bridgehead atoms. The van der Waals surface area contributed by atoms with Crippen molar-refractivity contribution in [3.05, 3.63) is 70.5 Å². The van der Waals surface area contributed by atoms with Crippen molar-refractivity contribution in [1.82, 2.24) is 0 Å². The Hall–Kier alpha value is -3.36. The molecule has 3 aromatic carbocycles. The molecule has 0 radical (unpaired) electrons. The molecule has 0 fully saturated rings. The van der Waals surface area contributed by atoms with Gasteiger partial charge in [-0.2, -0.15) is 0 Å². The second-order valence-corrected chi connectivity index (χ2v) is 9.96. The predicted molar refractivity (Wildman–Crippen MR) is 132 cm³/mol. The molecule has 0 amide bonds. The molecule has 4 aromatic rings. The quantitative estimate of drug-likeness (QED) is 0.280. The second-order valence-electron chi connectivity index (χ2n) is 8.34. The minimum Gasteiger partial charge on any atom is -0.460 e. The van der Waals surface area contributed by atoms with Gasteiger partial charge in [0.15, 0.2) is 0 Å². The monoisotopic (exact) mass is 481 g/mol. The van der Waals surface area contributed by atoms with Gasteiger partial charge in [0.2, 0.25) is 0 Å². The molecule has 178 valence electrons. The van der Waals surface area contributed by atoms with Crippen molar-refractivity contribution in [1.29, 1.82) is 0 Å². The van der Waals surface area contributed by atoms with Gasteiger partial charge in [-0.15, -0.1) is 0 Å². The minimum absolute atomic E-state index is 0.0977. The van der Waals surface area contributed by atoms with E-state index in [1.807, 2.05) is 43.3 Å². The van der Waals surface area contributed by atoms with Gasteiger partial charge in [-0.05, 0) is 44.9 Å². The van der Waals surface area contributed by atoms with Crippen LogP contribution in [0.25, 0.3) is 21.7 Å². The largest absolute Gasteiger partial charge is 0.460 e.